The quantitative estimate of drug-likeness (QED) is 0.654. The minimum Gasteiger partial charge on any atom is -0.393 e. The first-order valence-electron chi connectivity index (χ1n) is 6.25. The first-order chi connectivity index (χ1) is 8.95. The van der Waals surface area contributed by atoms with Gasteiger partial charge in [0.05, 0.1) is 11.0 Å². The molecule has 0 unspecified atom stereocenters. The summed E-state index contributed by atoms with van der Waals surface area (Å²) < 4.78 is 13.2. The highest BCUT2D eigenvalue weighted by molar-refractivity contribution is 5.40. The minimum atomic E-state index is -0.490. The van der Waals surface area contributed by atoms with Gasteiger partial charge in [-0.25, -0.2) is 4.39 Å². The lowest BCUT2D eigenvalue weighted by Crippen LogP contribution is -2.36. The third kappa shape index (κ3) is 3.48. The van der Waals surface area contributed by atoms with Crippen LogP contribution in [0.2, 0.25) is 0 Å². The summed E-state index contributed by atoms with van der Waals surface area (Å²) in [6.07, 6.45) is 1.34. The standard InChI is InChI=1S/C13H17FN2O3/c1-15(7-9-4-12(17)5-9)8-10-6-11(14)2-3-13(10)16(18)19/h2-3,6,9,12,17H,4-5,7-8H2,1H3. The van der Waals surface area contributed by atoms with Crippen molar-refractivity contribution in [1.82, 2.24) is 4.90 Å². The Morgan fingerprint density at radius 2 is 2.21 bits per heavy atom. The molecule has 1 aromatic rings. The largest absolute Gasteiger partial charge is 0.393 e. The van der Waals surface area contributed by atoms with Gasteiger partial charge in [0.15, 0.2) is 0 Å². The molecule has 19 heavy (non-hydrogen) atoms. The molecule has 1 aliphatic rings. The zero-order valence-electron chi connectivity index (χ0n) is 10.8. The molecule has 0 aliphatic heterocycles. The van der Waals surface area contributed by atoms with E-state index in [1.54, 1.807) is 0 Å². The lowest BCUT2D eigenvalue weighted by molar-refractivity contribution is -0.385. The van der Waals surface area contributed by atoms with Crippen molar-refractivity contribution in [3.63, 3.8) is 0 Å². The summed E-state index contributed by atoms with van der Waals surface area (Å²) in [5.41, 5.74) is 0.328. The van der Waals surface area contributed by atoms with Gasteiger partial charge in [0.2, 0.25) is 0 Å². The van der Waals surface area contributed by atoms with Crippen molar-refractivity contribution in [2.24, 2.45) is 5.92 Å². The van der Waals surface area contributed by atoms with Crippen molar-refractivity contribution in [2.75, 3.05) is 13.6 Å². The molecule has 0 spiro atoms. The van der Waals surface area contributed by atoms with Crippen molar-refractivity contribution in [2.45, 2.75) is 25.5 Å². The fraction of sp³-hybridized carbons (Fsp3) is 0.538. The fourth-order valence-corrected chi connectivity index (χ4v) is 2.50. The molecule has 5 nitrogen and oxygen atoms in total. The van der Waals surface area contributed by atoms with E-state index in [1.165, 1.54) is 12.1 Å². The summed E-state index contributed by atoms with van der Waals surface area (Å²) in [6, 6.07) is 3.51. The maximum Gasteiger partial charge on any atom is 0.274 e. The Kier molecular flexibility index (Phi) is 4.11. The second-order valence-electron chi connectivity index (χ2n) is 5.22. The Morgan fingerprint density at radius 3 is 2.79 bits per heavy atom. The number of aliphatic hydroxyl groups is 1. The van der Waals surface area contributed by atoms with Crippen LogP contribution in [0.5, 0.6) is 0 Å². The van der Waals surface area contributed by atoms with E-state index in [4.69, 9.17) is 0 Å². The number of benzene rings is 1. The highest BCUT2D eigenvalue weighted by Gasteiger charge is 2.28. The molecule has 0 atom stereocenters. The summed E-state index contributed by atoms with van der Waals surface area (Å²) >= 11 is 0. The molecule has 0 bridgehead atoms. The fourth-order valence-electron chi connectivity index (χ4n) is 2.50. The lowest BCUT2D eigenvalue weighted by atomic mass is 9.82. The number of halogens is 1. The molecular weight excluding hydrogens is 251 g/mol. The van der Waals surface area contributed by atoms with E-state index in [-0.39, 0.29) is 11.8 Å². The van der Waals surface area contributed by atoms with Crippen LogP contribution in [0.4, 0.5) is 10.1 Å². The predicted molar refractivity (Wildman–Crippen MR) is 68.1 cm³/mol. The van der Waals surface area contributed by atoms with E-state index in [0.717, 1.165) is 25.5 Å². The number of hydrogen-bond donors (Lipinski definition) is 1. The second kappa shape index (κ2) is 5.63. The van der Waals surface area contributed by atoms with Gasteiger partial charge in [0.25, 0.3) is 5.69 Å². The Bertz CT molecular complexity index is 475. The van der Waals surface area contributed by atoms with Crippen LogP contribution in [0.25, 0.3) is 0 Å². The molecule has 6 heteroatoms. The van der Waals surface area contributed by atoms with Crippen LogP contribution in [0.15, 0.2) is 18.2 Å². The van der Waals surface area contributed by atoms with Gasteiger partial charge in [-0.1, -0.05) is 0 Å². The average Bonchev–Trinajstić information content (AvgIpc) is 2.26. The van der Waals surface area contributed by atoms with Gasteiger partial charge in [0, 0.05) is 24.7 Å². The zero-order valence-corrected chi connectivity index (χ0v) is 10.8. The number of nitrogens with zero attached hydrogens (tertiary/aromatic N) is 2. The molecule has 1 saturated carbocycles. The molecule has 1 aromatic carbocycles. The highest BCUT2D eigenvalue weighted by Crippen LogP contribution is 2.28. The maximum absolute atomic E-state index is 13.2. The van der Waals surface area contributed by atoms with Crippen molar-refractivity contribution in [1.29, 1.82) is 0 Å². The van der Waals surface area contributed by atoms with Gasteiger partial charge in [0.1, 0.15) is 5.82 Å². The predicted octanol–water partition coefficient (Wildman–Crippen LogP) is 1.94. The van der Waals surface area contributed by atoms with Gasteiger partial charge >= 0.3 is 0 Å². The van der Waals surface area contributed by atoms with E-state index in [0.29, 0.717) is 18.0 Å². The summed E-state index contributed by atoms with van der Waals surface area (Å²) in [5, 5.41) is 20.1. The number of nitro groups is 1. The van der Waals surface area contributed by atoms with Gasteiger partial charge in [-0.2, -0.15) is 0 Å². The normalized spacial score (nSPS) is 22.3. The summed E-state index contributed by atoms with van der Waals surface area (Å²) in [7, 11) is 1.85. The molecular formula is C13H17FN2O3. The highest BCUT2D eigenvalue weighted by atomic mass is 19.1. The van der Waals surface area contributed by atoms with Crippen molar-refractivity contribution in [3.05, 3.63) is 39.7 Å². The Hall–Kier alpha value is -1.53. The number of hydrogen-bond acceptors (Lipinski definition) is 4. The number of rotatable bonds is 5. The molecule has 104 valence electrons. The van der Waals surface area contributed by atoms with E-state index >= 15 is 0 Å². The minimum absolute atomic E-state index is 0.0538. The zero-order chi connectivity index (χ0) is 14.0. The molecule has 1 fully saturated rings. The third-order valence-electron chi connectivity index (χ3n) is 3.46. The first-order valence-corrected chi connectivity index (χ1v) is 6.25. The Balaban J connectivity index is 2.01. The van der Waals surface area contributed by atoms with Gasteiger partial charge in [-0.3, -0.25) is 10.1 Å². The lowest BCUT2D eigenvalue weighted by Gasteiger charge is -2.34. The van der Waals surface area contributed by atoms with Crippen LogP contribution in [0.3, 0.4) is 0 Å². The third-order valence-corrected chi connectivity index (χ3v) is 3.46. The molecule has 0 aromatic heterocycles. The smallest absolute Gasteiger partial charge is 0.274 e. The molecule has 1 aliphatic carbocycles. The van der Waals surface area contributed by atoms with Crippen LogP contribution in [0, 0.1) is 21.8 Å². The molecule has 0 saturated heterocycles. The van der Waals surface area contributed by atoms with Crippen LogP contribution < -0.4 is 0 Å². The van der Waals surface area contributed by atoms with Crippen LogP contribution in [-0.2, 0) is 6.54 Å². The second-order valence-corrected chi connectivity index (χ2v) is 5.22. The maximum atomic E-state index is 13.2. The Morgan fingerprint density at radius 1 is 1.53 bits per heavy atom. The van der Waals surface area contributed by atoms with Crippen LogP contribution in [0.1, 0.15) is 18.4 Å². The van der Waals surface area contributed by atoms with E-state index in [2.05, 4.69) is 0 Å². The average molecular weight is 268 g/mol. The van der Waals surface area contributed by atoms with Crippen molar-refractivity contribution < 1.29 is 14.4 Å². The SMILES string of the molecule is CN(Cc1cc(F)ccc1[N+](=O)[O-])CC1CC(O)C1. The monoisotopic (exact) mass is 268 g/mol. The van der Waals surface area contributed by atoms with E-state index < -0.39 is 10.7 Å². The van der Waals surface area contributed by atoms with Crippen LogP contribution in [-0.4, -0.2) is 34.6 Å². The molecule has 0 amide bonds. The van der Waals surface area contributed by atoms with Crippen molar-refractivity contribution in [3.8, 4) is 0 Å². The van der Waals surface area contributed by atoms with E-state index in [9.17, 15) is 19.6 Å². The summed E-state index contributed by atoms with van der Waals surface area (Å²) in [6.45, 7) is 1.09. The van der Waals surface area contributed by atoms with Gasteiger partial charge < -0.3 is 10.0 Å². The van der Waals surface area contributed by atoms with Gasteiger partial charge in [-0.15, -0.1) is 0 Å². The first kappa shape index (κ1) is 13.9. The Labute approximate surface area is 110 Å². The van der Waals surface area contributed by atoms with Gasteiger partial charge in [-0.05, 0) is 37.9 Å². The van der Waals surface area contributed by atoms with E-state index in [1.807, 2.05) is 11.9 Å². The molecule has 0 heterocycles. The topological polar surface area (TPSA) is 66.6 Å². The van der Waals surface area contributed by atoms with Crippen molar-refractivity contribution >= 4 is 5.69 Å². The molecule has 2 rings (SSSR count). The number of nitro benzene ring substituents is 1. The molecule has 1 N–H and O–H groups in total. The summed E-state index contributed by atoms with van der Waals surface area (Å²) in [5.74, 6) is -0.0410. The molecule has 0 radical (unpaired) electrons. The number of aliphatic hydroxyl groups excluding tert-OH is 1. The summed E-state index contributed by atoms with van der Waals surface area (Å²) in [4.78, 5) is 12.3. The van der Waals surface area contributed by atoms with Crippen LogP contribution >= 0.6 is 0 Å².